The number of nitrogens with two attached hydrogens (primary N) is 1. The van der Waals surface area contributed by atoms with E-state index in [1.807, 2.05) is 12.1 Å². The summed E-state index contributed by atoms with van der Waals surface area (Å²) in [6, 6.07) is 8.45. The lowest BCUT2D eigenvalue weighted by Crippen LogP contribution is -2.08. The molecular formula is C12H15ClN2. The molecule has 1 heterocycles. The predicted octanol–water partition coefficient (Wildman–Crippen LogP) is 3.33. The van der Waals surface area contributed by atoms with Gasteiger partial charge in [-0.25, -0.2) is 0 Å². The van der Waals surface area contributed by atoms with E-state index in [0.29, 0.717) is 12.6 Å². The van der Waals surface area contributed by atoms with Gasteiger partial charge in [-0.15, -0.1) is 0 Å². The topological polar surface area (TPSA) is 30.9 Å². The average Bonchev–Trinajstić information content (AvgIpc) is 2.57. The van der Waals surface area contributed by atoms with Crippen LogP contribution >= 0.6 is 11.6 Å². The maximum atomic E-state index is 6.15. The zero-order valence-corrected chi connectivity index (χ0v) is 9.75. The van der Waals surface area contributed by atoms with Gasteiger partial charge in [0.1, 0.15) is 0 Å². The van der Waals surface area contributed by atoms with Crippen LogP contribution in [0.1, 0.15) is 25.6 Å². The lowest BCUT2D eigenvalue weighted by Gasteiger charge is -2.13. The van der Waals surface area contributed by atoms with E-state index < -0.39 is 0 Å². The Balaban J connectivity index is 2.80. The SMILES string of the molecule is CC(C)n1c(CN)cc2c(Cl)cccc21. The van der Waals surface area contributed by atoms with Crippen LogP contribution < -0.4 is 5.73 Å². The summed E-state index contributed by atoms with van der Waals surface area (Å²) >= 11 is 6.15. The van der Waals surface area contributed by atoms with Gasteiger partial charge < -0.3 is 10.3 Å². The number of benzene rings is 1. The van der Waals surface area contributed by atoms with Crippen molar-refractivity contribution in [2.45, 2.75) is 26.4 Å². The van der Waals surface area contributed by atoms with Gasteiger partial charge in [-0.1, -0.05) is 17.7 Å². The summed E-state index contributed by atoms with van der Waals surface area (Å²) in [7, 11) is 0. The molecule has 2 nitrogen and oxygen atoms in total. The molecule has 0 radical (unpaired) electrons. The van der Waals surface area contributed by atoms with Gasteiger partial charge in [0.05, 0.1) is 0 Å². The predicted molar refractivity (Wildman–Crippen MR) is 65.2 cm³/mol. The van der Waals surface area contributed by atoms with Crippen molar-refractivity contribution in [3.8, 4) is 0 Å². The summed E-state index contributed by atoms with van der Waals surface area (Å²) < 4.78 is 2.24. The number of fused-ring (bicyclic) bond motifs is 1. The van der Waals surface area contributed by atoms with Crippen molar-refractivity contribution in [2.75, 3.05) is 0 Å². The van der Waals surface area contributed by atoms with Gasteiger partial charge in [0.25, 0.3) is 0 Å². The largest absolute Gasteiger partial charge is 0.341 e. The molecule has 2 rings (SSSR count). The highest BCUT2D eigenvalue weighted by Gasteiger charge is 2.11. The summed E-state index contributed by atoms with van der Waals surface area (Å²) in [6.45, 7) is 4.85. The van der Waals surface area contributed by atoms with Crippen LogP contribution in [0.2, 0.25) is 5.02 Å². The summed E-state index contributed by atoms with van der Waals surface area (Å²) in [4.78, 5) is 0. The molecule has 2 N–H and O–H groups in total. The molecule has 80 valence electrons. The standard InChI is InChI=1S/C12H15ClN2/c1-8(2)15-9(7-14)6-10-11(13)4-3-5-12(10)15/h3-6,8H,7,14H2,1-2H3. The van der Waals surface area contributed by atoms with Gasteiger partial charge in [0.2, 0.25) is 0 Å². The summed E-state index contributed by atoms with van der Waals surface area (Å²) in [6.07, 6.45) is 0. The first kappa shape index (κ1) is 10.5. The highest BCUT2D eigenvalue weighted by atomic mass is 35.5. The Labute approximate surface area is 94.6 Å². The summed E-state index contributed by atoms with van der Waals surface area (Å²) in [5.41, 5.74) is 8.04. The van der Waals surface area contributed by atoms with Crippen molar-refractivity contribution in [1.29, 1.82) is 0 Å². The first-order valence-electron chi connectivity index (χ1n) is 5.13. The minimum absolute atomic E-state index is 0.402. The molecule has 2 aromatic rings. The van der Waals surface area contributed by atoms with Gasteiger partial charge in [-0.3, -0.25) is 0 Å². The molecule has 0 spiro atoms. The highest BCUT2D eigenvalue weighted by molar-refractivity contribution is 6.35. The molecule has 0 atom stereocenters. The zero-order chi connectivity index (χ0) is 11.0. The molecule has 15 heavy (non-hydrogen) atoms. The molecule has 0 aliphatic rings. The monoisotopic (exact) mass is 222 g/mol. The molecule has 1 aromatic heterocycles. The second-order valence-electron chi connectivity index (χ2n) is 3.98. The van der Waals surface area contributed by atoms with Crippen LogP contribution in [0.15, 0.2) is 24.3 Å². The average molecular weight is 223 g/mol. The van der Waals surface area contributed by atoms with E-state index in [2.05, 4.69) is 30.5 Å². The third-order valence-electron chi connectivity index (χ3n) is 2.64. The molecule has 0 saturated heterocycles. The van der Waals surface area contributed by atoms with Gasteiger partial charge in [-0.05, 0) is 32.0 Å². The first-order valence-corrected chi connectivity index (χ1v) is 5.51. The van der Waals surface area contributed by atoms with Crippen molar-refractivity contribution in [1.82, 2.24) is 4.57 Å². The lowest BCUT2D eigenvalue weighted by molar-refractivity contribution is 0.595. The van der Waals surface area contributed by atoms with Gasteiger partial charge in [0, 0.05) is 34.2 Å². The van der Waals surface area contributed by atoms with Crippen molar-refractivity contribution >= 4 is 22.5 Å². The molecular weight excluding hydrogens is 208 g/mol. The van der Waals surface area contributed by atoms with Crippen molar-refractivity contribution in [2.24, 2.45) is 5.73 Å². The fraction of sp³-hybridized carbons (Fsp3) is 0.333. The van der Waals surface area contributed by atoms with E-state index in [4.69, 9.17) is 17.3 Å². The van der Waals surface area contributed by atoms with Gasteiger partial charge in [-0.2, -0.15) is 0 Å². The molecule has 1 aromatic carbocycles. The number of halogens is 1. The number of aromatic nitrogens is 1. The van der Waals surface area contributed by atoms with Crippen LogP contribution in [0.3, 0.4) is 0 Å². The number of rotatable bonds is 2. The molecule has 3 heteroatoms. The Morgan fingerprint density at radius 1 is 1.40 bits per heavy atom. The molecule has 0 aliphatic carbocycles. The van der Waals surface area contributed by atoms with Crippen molar-refractivity contribution < 1.29 is 0 Å². The maximum Gasteiger partial charge on any atom is 0.0500 e. The smallest absolute Gasteiger partial charge is 0.0500 e. The third-order valence-corrected chi connectivity index (χ3v) is 2.96. The minimum atomic E-state index is 0.402. The van der Waals surface area contributed by atoms with Crippen LogP contribution in [0.25, 0.3) is 10.9 Å². The molecule has 0 saturated carbocycles. The Kier molecular flexibility index (Phi) is 2.72. The van der Waals surface area contributed by atoms with E-state index in [1.165, 1.54) is 0 Å². The molecule has 0 unspecified atom stereocenters. The van der Waals surface area contributed by atoms with E-state index in [0.717, 1.165) is 21.6 Å². The van der Waals surface area contributed by atoms with Crippen molar-refractivity contribution in [3.63, 3.8) is 0 Å². The van der Waals surface area contributed by atoms with E-state index in [9.17, 15) is 0 Å². The van der Waals surface area contributed by atoms with E-state index >= 15 is 0 Å². The Bertz CT molecular complexity index is 486. The van der Waals surface area contributed by atoms with Crippen LogP contribution in [-0.2, 0) is 6.54 Å². The fourth-order valence-corrected chi connectivity index (χ4v) is 2.26. The number of nitrogens with zero attached hydrogens (tertiary/aromatic N) is 1. The third kappa shape index (κ3) is 1.64. The minimum Gasteiger partial charge on any atom is -0.341 e. The van der Waals surface area contributed by atoms with Crippen molar-refractivity contribution in [3.05, 3.63) is 35.0 Å². The highest BCUT2D eigenvalue weighted by Crippen LogP contribution is 2.29. The van der Waals surface area contributed by atoms with Crippen LogP contribution in [-0.4, -0.2) is 4.57 Å². The van der Waals surface area contributed by atoms with Gasteiger partial charge in [0.15, 0.2) is 0 Å². The molecule has 0 amide bonds. The molecule has 0 aliphatic heterocycles. The normalized spacial score (nSPS) is 11.5. The first-order chi connectivity index (χ1) is 7.15. The maximum absolute atomic E-state index is 6.15. The molecule has 0 bridgehead atoms. The van der Waals surface area contributed by atoms with E-state index in [1.54, 1.807) is 0 Å². The summed E-state index contributed by atoms with van der Waals surface area (Å²) in [5.74, 6) is 0. The van der Waals surface area contributed by atoms with Crippen LogP contribution in [0.5, 0.6) is 0 Å². The second kappa shape index (κ2) is 3.87. The van der Waals surface area contributed by atoms with E-state index in [-0.39, 0.29) is 0 Å². The Morgan fingerprint density at radius 3 is 2.73 bits per heavy atom. The zero-order valence-electron chi connectivity index (χ0n) is 9.00. The number of hydrogen-bond acceptors (Lipinski definition) is 1. The van der Waals surface area contributed by atoms with Crippen LogP contribution in [0, 0.1) is 0 Å². The Morgan fingerprint density at radius 2 is 2.13 bits per heavy atom. The van der Waals surface area contributed by atoms with Crippen LogP contribution in [0.4, 0.5) is 0 Å². The second-order valence-corrected chi connectivity index (χ2v) is 4.38. The number of hydrogen-bond donors (Lipinski definition) is 1. The lowest BCUT2D eigenvalue weighted by atomic mass is 10.2. The fourth-order valence-electron chi connectivity index (χ4n) is 2.04. The Hall–Kier alpha value is -0.990. The summed E-state index contributed by atoms with van der Waals surface area (Å²) in [5, 5.41) is 1.88. The quantitative estimate of drug-likeness (QED) is 0.830. The molecule has 0 fully saturated rings. The van der Waals surface area contributed by atoms with Gasteiger partial charge >= 0.3 is 0 Å².